The fraction of sp³-hybridized carbons (Fsp3) is 0.667. The van der Waals surface area contributed by atoms with Crippen molar-refractivity contribution in [2.24, 2.45) is 16.7 Å². The van der Waals surface area contributed by atoms with Gasteiger partial charge in [-0.1, -0.05) is 11.6 Å². The van der Waals surface area contributed by atoms with Gasteiger partial charge in [-0.2, -0.15) is 4.98 Å². The number of hydrogen-bond donors (Lipinski definition) is 1. The molecule has 178 valence electrons. The van der Waals surface area contributed by atoms with Crippen LogP contribution in [0.3, 0.4) is 0 Å². The highest BCUT2D eigenvalue weighted by molar-refractivity contribution is 7.92. The summed E-state index contributed by atoms with van der Waals surface area (Å²) in [6, 6.07) is 6.46. The third kappa shape index (κ3) is 4.03. The summed E-state index contributed by atoms with van der Waals surface area (Å²) in [5.41, 5.74) is 1.84. The first-order valence-electron chi connectivity index (χ1n) is 12.0. The zero-order valence-corrected chi connectivity index (χ0v) is 20.3. The number of carbonyl (C=O) groups excluding carboxylic acids is 1. The van der Waals surface area contributed by atoms with E-state index >= 15 is 0 Å². The number of piperidine rings is 1. The van der Waals surface area contributed by atoms with Crippen molar-refractivity contribution in [3.8, 4) is 0 Å². The molecule has 0 radical (unpaired) electrons. The Hall–Kier alpha value is -1.80. The molecule has 3 heterocycles. The molecule has 1 amide bonds. The lowest BCUT2D eigenvalue weighted by Crippen LogP contribution is -2.59. The van der Waals surface area contributed by atoms with Crippen LogP contribution in [0.25, 0.3) is 11.1 Å². The fourth-order valence-electron chi connectivity index (χ4n) is 6.69. The molecule has 2 spiro atoms. The van der Waals surface area contributed by atoms with E-state index < -0.39 is 9.84 Å². The molecule has 9 heteroatoms. The number of halogens is 1. The van der Waals surface area contributed by atoms with Crippen molar-refractivity contribution in [1.29, 1.82) is 0 Å². The molecule has 1 aromatic carbocycles. The highest BCUT2D eigenvalue weighted by atomic mass is 35.5. The van der Waals surface area contributed by atoms with Gasteiger partial charge in [-0.3, -0.25) is 4.79 Å². The molecule has 1 N–H and O–H groups in total. The van der Waals surface area contributed by atoms with Crippen molar-refractivity contribution >= 4 is 44.5 Å². The number of carbonyl (C=O) groups is 1. The standard InChI is InChI=1S/C24H30ClN3O4S/c25-17-1-2-20-19(11-17)27-22(32-20)28-9-7-23(8-10-28)5-3-18(4-6-23)26-21(29)16-12-24(13-16)14-33(30,31)15-24/h1-2,11,16,18H,3-10,12-15H2,(H,26,29). The number of sulfone groups is 1. The molecule has 2 aliphatic carbocycles. The van der Waals surface area contributed by atoms with E-state index in [-0.39, 0.29) is 34.8 Å². The largest absolute Gasteiger partial charge is 0.423 e. The van der Waals surface area contributed by atoms with Gasteiger partial charge in [0.25, 0.3) is 6.01 Å². The molecule has 4 aliphatic rings. The first-order valence-corrected chi connectivity index (χ1v) is 14.2. The molecule has 0 atom stereocenters. The van der Waals surface area contributed by atoms with Crippen LogP contribution in [0, 0.1) is 16.7 Å². The van der Waals surface area contributed by atoms with Gasteiger partial charge in [0.15, 0.2) is 15.4 Å². The Morgan fingerprint density at radius 3 is 2.45 bits per heavy atom. The van der Waals surface area contributed by atoms with E-state index in [1.54, 1.807) is 0 Å². The minimum absolute atomic E-state index is 0.00539. The highest BCUT2D eigenvalue weighted by Crippen LogP contribution is 2.53. The highest BCUT2D eigenvalue weighted by Gasteiger charge is 2.58. The molecule has 7 nitrogen and oxygen atoms in total. The smallest absolute Gasteiger partial charge is 0.298 e. The van der Waals surface area contributed by atoms with Crippen LogP contribution in [-0.4, -0.2) is 49.9 Å². The van der Waals surface area contributed by atoms with Crippen LogP contribution in [0.5, 0.6) is 0 Å². The van der Waals surface area contributed by atoms with Gasteiger partial charge >= 0.3 is 0 Å². The number of aromatic nitrogens is 1. The molecule has 2 saturated carbocycles. The Labute approximate surface area is 199 Å². The van der Waals surface area contributed by atoms with E-state index in [2.05, 4.69) is 15.2 Å². The predicted molar refractivity (Wildman–Crippen MR) is 127 cm³/mol. The van der Waals surface area contributed by atoms with Gasteiger partial charge in [0, 0.05) is 30.1 Å². The van der Waals surface area contributed by atoms with Crippen LogP contribution in [-0.2, 0) is 14.6 Å². The summed E-state index contributed by atoms with van der Waals surface area (Å²) in [7, 11) is -2.82. The molecule has 0 bridgehead atoms. The molecule has 2 aliphatic heterocycles. The van der Waals surface area contributed by atoms with Crippen LogP contribution in [0.15, 0.2) is 22.6 Å². The molecule has 2 aromatic rings. The first-order chi connectivity index (χ1) is 15.7. The van der Waals surface area contributed by atoms with E-state index in [0.29, 0.717) is 16.5 Å². The second kappa shape index (κ2) is 7.60. The normalized spacial score (nSPS) is 26.3. The van der Waals surface area contributed by atoms with Crippen LogP contribution in [0.2, 0.25) is 5.02 Å². The van der Waals surface area contributed by atoms with E-state index in [1.165, 1.54) is 0 Å². The van der Waals surface area contributed by atoms with Crippen molar-refractivity contribution in [3.05, 3.63) is 23.2 Å². The monoisotopic (exact) mass is 491 g/mol. The topological polar surface area (TPSA) is 92.5 Å². The zero-order chi connectivity index (χ0) is 22.8. The van der Waals surface area contributed by atoms with Gasteiger partial charge in [0.2, 0.25) is 5.91 Å². The Balaban J connectivity index is 0.981. The number of nitrogens with zero attached hydrogens (tertiary/aromatic N) is 2. The minimum Gasteiger partial charge on any atom is -0.423 e. The molecule has 0 unspecified atom stereocenters. The van der Waals surface area contributed by atoms with Crippen LogP contribution in [0.1, 0.15) is 51.4 Å². The Morgan fingerprint density at radius 1 is 1.09 bits per heavy atom. The lowest BCUT2D eigenvalue weighted by molar-refractivity contribution is -0.132. The number of benzene rings is 1. The summed E-state index contributed by atoms with van der Waals surface area (Å²) in [4.78, 5) is 19.5. The van der Waals surface area contributed by atoms with Crippen molar-refractivity contribution in [3.63, 3.8) is 0 Å². The molecular weight excluding hydrogens is 462 g/mol. The average molecular weight is 492 g/mol. The number of rotatable bonds is 3. The lowest BCUT2D eigenvalue weighted by Gasteiger charge is -2.52. The maximum absolute atomic E-state index is 12.7. The van der Waals surface area contributed by atoms with E-state index in [4.69, 9.17) is 16.0 Å². The zero-order valence-electron chi connectivity index (χ0n) is 18.7. The number of fused-ring (bicyclic) bond motifs is 1. The average Bonchev–Trinajstić information content (AvgIpc) is 3.15. The van der Waals surface area contributed by atoms with E-state index in [1.807, 2.05) is 18.2 Å². The summed E-state index contributed by atoms with van der Waals surface area (Å²) in [6.45, 7) is 1.87. The van der Waals surface area contributed by atoms with Gasteiger partial charge in [0.1, 0.15) is 5.52 Å². The molecular formula is C24H30ClN3O4S. The van der Waals surface area contributed by atoms with Crippen molar-refractivity contribution in [2.45, 2.75) is 57.4 Å². The maximum atomic E-state index is 12.7. The van der Waals surface area contributed by atoms with Gasteiger partial charge in [-0.15, -0.1) is 0 Å². The minimum atomic E-state index is -2.82. The van der Waals surface area contributed by atoms with Crippen LogP contribution < -0.4 is 10.2 Å². The second-order valence-electron chi connectivity index (χ2n) is 11.0. The van der Waals surface area contributed by atoms with Gasteiger partial charge in [-0.25, -0.2) is 8.42 Å². The molecule has 6 rings (SSSR count). The summed E-state index contributed by atoms with van der Waals surface area (Å²) in [6.07, 6.45) is 8.06. The molecule has 2 saturated heterocycles. The Morgan fingerprint density at radius 2 is 1.79 bits per heavy atom. The lowest BCUT2D eigenvalue weighted by atomic mass is 9.63. The van der Waals surface area contributed by atoms with Gasteiger partial charge in [0.05, 0.1) is 11.5 Å². The quantitative estimate of drug-likeness (QED) is 0.698. The number of anilines is 1. The maximum Gasteiger partial charge on any atom is 0.298 e. The SMILES string of the molecule is O=C(NC1CCC2(CC1)CCN(c1nc3cc(Cl)ccc3o1)CC2)C1CC2(C1)CS(=O)(=O)C2. The Kier molecular flexibility index (Phi) is 5.00. The van der Waals surface area contributed by atoms with E-state index in [9.17, 15) is 13.2 Å². The summed E-state index contributed by atoms with van der Waals surface area (Å²) < 4.78 is 28.9. The third-order valence-electron chi connectivity index (χ3n) is 8.61. The Bertz CT molecular complexity index is 1170. The molecule has 33 heavy (non-hydrogen) atoms. The third-order valence-corrected chi connectivity index (χ3v) is 10.9. The summed E-state index contributed by atoms with van der Waals surface area (Å²) in [5.74, 6) is 0.705. The predicted octanol–water partition coefficient (Wildman–Crippen LogP) is 3.95. The summed E-state index contributed by atoms with van der Waals surface area (Å²) >= 11 is 6.07. The van der Waals surface area contributed by atoms with Crippen molar-refractivity contribution in [1.82, 2.24) is 10.3 Å². The van der Waals surface area contributed by atoms with Crippen molar-refractivity contribution < 1.29 is 17.6 Å². The number of nitrogens with one attached hydrogen (secondary N) is 1. The van der Waals surface area contributed by atoms with E-state index in [0.717, 1.165) is 75.6 Å². The summed E-state index contributed by atoms with van der Waals surface area (Å²) in [5, 5.41) is 3.93. The fourth-order valence-corrected chi connectivity index (χ4v) is 9.11. The van der Waals surface area contributed by atoms with Gasteiger partial charge in [-0.05, 0) is 80.4 Å². The van der Waals surface area contributed by atoms with Gasteiger partial charge < -0.3 is 14.6 Å². The number of amides is 1. The molecule has 1 aromatic heterocycles. The number of oxazole rings is 1. The van der Waals surface area contributed by atoms with Crippen LogP contribution in [0.4, 0.5) is 6.01 Å². The van der Waals surface area contributed by atoms with Crippen molar-refractivity contribution in [2.75, 3.05) is 29.5 Å². The van der Waals surface area contributed by atoms with Crippen LogP contribution >= 0.6 is 11.6 Å². The number of hydrogen-bond acceptors (Lipinski definition) is 6. The second-order valence-corrected chi connectivity index (χ2v) is 13.5. The first kappa shape index (κ1) is 21.7. The molecule has 4 fully saturated rings.